The molecule has 0 spiro atoms. The number of carbonyl (C=O) groups excluding carboxylic acids is 1. The monoisotopic (exact) mass is 425 g/mol. The van der Waals surface area contributed by atoms with Crippen LogP contribution in [0.15, 0.2) is 72.0 Å². The van der Waals surface area contributed by atoms with Gasteiger partial charge in [0, 0.05) is 24.7 Å². The molecule has 1 aromatic heterocycles. The first-order valence-corrected chi connectivity index (χ1v) is 11.2. The topological polar surface area (TPSA) is 97.4 Å². The summed E-state index contributed by atoms with van der Waals surface area (Å²) in [7, 11) is -3.25. The lowest BCUT2D eigenvalue weighted by molar-refractivity contribution is 0.0946. The molecular weight excluding hydrogens is 402 g/mol. The van der Waals surface area contributed by atoms with Crippen molar-refractivity contribution in [2.75, 3.05) is 12.8 Å². The van der Waals surface area contributed by atoms with Crippen molar-refractivity contribution in [3.8, 4) is 5.75 Å². The number of fused-ring (bicyclic) bond motifs is 1. The van der Waals surface area contributed by atoms with Crippen LogP contribution in [0, 0.1) is 0 Å². The second kappa shape index (κ2) is 8.96. The molecule has 1 amide bonds. The second-order valence-corrected chi connectivity index (χ2v) is 8.69. The minimum atomic E-state index is -3.25. The van der Waals surface area contributed by atoms with E-state index in [1.165, 1.54) is 12.1 Å². The predicted octanol–water partition coefficient (Wildman–Crippen LogP) is 3.03. The summed E-state index contributed by atoms with van der Waals surface area (Å²) in [5, 5.41) is 6.62. The van der Waals surface area contributed by atoms with Gasteiger partial charge in [-0.15, -0.1) is 0 Å². The average molecular weight is 426 g/mol. The van der Waals surface area contributed by atoms with Gasteiger partial charge in [-0.2, -0.15) is 0 Å². The highest BCUT2D eigenvalue weighted by Gasteiger charge is 2.12. The molecule has 0 atom stereocenters. The van der Waals surface area contributed by atoms with Gasteiger partial charge in [-0.05, 0) is 43.3 Å². The summed E-state index contributed by atoms with van der Waals surface area (Å²) >= 11 is 0. The molecule has 0 saturated carbocycles. The van der Waals surface area contributed by atoms with E-state index >= 15 is 0 Å². The van der Waals surface area contributed by atoms with Gasteiger partial charge in [0.1, 0.15) is 11.2 Å². The Morgan fingerprint density at radius 2 is 1.80 bits per heavy atom. The van der Waals surface area contributed by atoms with Crippen molar-refractivity contribution in [3.05, 3.63) is 78.3 Å². The van der Waals surface area contributed by atoms with Gasteiger partial charge in [-0.1, -0.05) is 30.3 Å². The zero-order valence-corrected chi connectivity index (χ0v) is 17.6. The number of carbonyl (C=O) groups is 1. The smallest absolute Gasteiger partial charge is 0.270 e. The van der Waals surface area contributed by atoms with Crippen molar-refractivity contribution in [3.63, 3.8) is 0 Å². The Morgan fingerprint density at radius 1 is 1.07 bits per heavy atom. The molecule has 0 fully saturated rings. The number of rotatable bonds is 8. The summed E-state index contributed by atoms with van der Waals surface area (Å²) in [6.45, 7) is 6.67. The maximum absolute atomic E-state index is 12.6. The fraction of sp³-hybridized carbons (Fsp3) is 0.182. The lowest BCUT2D eigenvalue weighted by atomic mass is 10.2. The number of nitrogens with one attached hydrogen (secondary N) is 2. The van der Waals surface area contributed by atoms with Crippen molar-refractivity contribution < 1.29 is 17.9 Å². The minimum Gasteiger partial charge on any atom is -0.440 e. The standard InChI is InChI=1S/C22H23N3O4S/c1-4-23-15(2)29-20-7-5-6-17-10-13-19(25-21(17)20)22(26)24-14-16-8-11-18(12-9-16)30(3,27)28/h5-13,23H,2,4,14H2,1,3H3,(H,24,26). The van der Waals surface area contributed by atoms with Crippen molar-refractivity contribution in [1.29, 1.82) is 0 Å². The van der Waals surface area contributed by atoms with Crippen LogP contribution in [0.5, 0.6) is 5.75 Å². The number of benzene rings is 2. The van der Waals surface area contributed by atoms with Gasteiger partial charge in [0.25, 0.3) is 5.91 Å². The number of aromatic nitrogens is 1. The number of hydrogen-bond donors (Lipinski definition) is 2. The number of nitrogens with zero attached hydrogens (tertiary/aromatic N) is 1. The number of ether oxygens (including phenoxy) is 1. The van der Waals surface area contributed by atoms with E-state index in [4.69, 9.17) is 4.74 Å². The Labute approximate surface area is 175 Å². The van der Waals surface area contributed by atoms with Gasteiger partial charge < -0.3 is 15.4 Å². The first kappa shape index (κ1) is 21.3. The second-order valence-electron chi connectivity index (χ2n) is 6.68. The number of para-hydroxylation sites is 1. The summed E-state index contributed by atoms with van der Waals surface area (Å²) in [5.41, 5.74) is 1.59. The fourth-order valence-electron chi connectivity index (χ4n) is 2.82. The summed E-state index contributed by atoms with van der Waals surface area (Å²) in [5.74, 6) is 0.563. The van der Waals surface area contributed by atoms with E-state index in [2.05, 4.69) is 22.2 Å². The Bertz CT molecular complexity index is 1190. The quantitative estimate of drug-likeness (QED) is 0.539. The van der Waals surface area contributed by atoms with Crippen LogP contribution in [-0.4, -0.2) is 32.1 Å². The van der Waals surface area contributed by atoms with Gasteiger partial charge in [0.15, 0.2) is 21.5 Å². The van der Waals surface area contributed by atoms with E-state index in [0.29, 0.717) is 23.7 Å². The molecule has 8 heteroatoms. The molecule has 0 aliphatic carbocycles. The maximum atomic E-state index is 12.6. The van der Waals surface area contributed by atoms with Crippen LogP contribution >= 0.6 is 0 Å². The molecule has 3 aromatic rings. The Hall–Kier alpha value is -3.39. The molecule has 30 heavy (non-hydrogen) atoms. The molecule has 7 nitrogen and oxygen atoms in total. The van der Waals surface area contributed by atoms with E-state index in [-0.39, 0.29) is 23.0 Å². The van der Waals surface area contributed by atoms with Gasteiger partial charge in [-0.25, -0.2) is 13.4 Å². The third-order valence-electron chi connectivity index (χ3n) is 4.33. The van der Waals surface area contributed by atoms with Gasteiger partial charge in [0.05, 0.1) is 4.90 Å². The zero-order valence-electron chi connectivity index (χ0n) is 16.8. The lowest BCUT2D eigenvalue weighted by Crippen LogP contribution is -2.23. The number of pyridine rings is 1. The molecule has 0 bridgehead atoms. The van der Waals surface area contributed by atoms with Crippen molar-refractivity contribution in [1.82, 2.24) is 15.6 Å². The fourth-order valence-corrected chi connectivity index (χ4v) is 3.45. The molecule has 3 rings (SSSR count). The van der Waals surface area contributed by atoms with E-state index in [0.717, 1.165) is 17.2 Å². The Morgan fingerprint density at radius 3 is 2.47 bits per heavy atom. The Kier molecular flexibility index (Phi) is 6.37. The van der Waals surface area contributed by atoms with Crippen LogP contribution in [0.3, 0.4) is 0 Å². The van der Waals surface area contributed by atoms with E-state index < -0.39 is 9.84 Å². The lowest BCUT2D eigenvalue weighted by Gasteiger charge is -2.12. The van der Waals surface area contributed by atoms with Crippen molar-refractivity contribution in [2.24, 2.45) is 0 Å². The maximum Gasteiger partial charge on any atom is 0.270 e. The van der Waals surface area contributed by atoms with Crippen molar-refractivity contribution >= 4 is 26.6 Å². The summed E-state index contributed by atoms with van der Waals surface area (Å²) in [6, 6.07) is 15.3. The largest absolute Gasteiger partial charge is 0.440 e. The molecule has 2 N–H and O–H groups in total. The number of hydrogen-bond acceptors (Lipinski definition) is 6. The summed E-state index contributed by atoms with van der Waals surface area (Å²) < 4.78 is 28.8. The van der Waals surface area contributed by atoms with Gasteiger partial charge in [-0.3, -0.25) is 4.79 Å². The van der Waals surface area contributed by atoms with Crippen LogP contribution in [0.1, 0.15) is 23.0 Å². The number of amides is 1. The Balaban J connectivity index is 1.75. The van der Waals surface area contributed by atoms with Crippen LogP contribution in [0.4, 0.5) is 0 Å². The van der Waals surface area contributed by atoms with Gasteiger partial charge >= 0.3 is 0 Å². The van der Waals surface area contributed by atoms with Crippen molar-refractivity contribution in [2.45, 2.75) is 18.4 Å². The summed E-state index contributed by atoms with van der Waals surface area (Å²) in [4.78, 5) is 17.3. The van der Waals surface area contributed by atoms with Gasteiger partial charge in [0.2, 0.25) is 0 Å². The average Bonchev–Trinajstić information content (AvgIpc) is 2.72. The predicted molar refractivity (Wildman–Crippen MR) is 116 cm³/mol. The van der Waals surface area contributed by atoms with Crippen LogP contribution in [0.25, 0.3) is 10.9 Å². The molecule has 1 heterocycles. The van der Waals surface area contributed by atoms with Crippen LogP contribution in [-0.2, 0) is 16.4 Å². The summed E-state index contributed by atoms with van der Waals surface area (Å²) in [6.07, 6.45) is 1.15. The van der Waals surface area contributed by atoms with E-state index in [9.17, 15) is 13.2 Å². The highest BCUT2D eigenvalue weighted by Crippen LogP contribution is 2.25. The van der Waals surface area contributed by atoms with E-state index in [1.54, 1.807) is 30.3 Å². The highest BCUT2D eigenvalue weighted by molar-refractivity contribution is 7.90. The molecule has 0 unspecified atom stereocenters. The van der Waals surface area contributed by atoms with Crippen LogP contribution in [0.2, 0.25) is 0 Å². The highest BCUT2D eigenvalue weighted by atomic mass is 32.2. The molecule has 0 aliphatic rings. The molecule has 0 aliphatic heterocycles. The molecule has 0 saturated heterocycles. The third kappa shape index (κ3) is 5.15. The first-order valence-electron chi connectivity index (χ1n) is 9.35. The normalized spacial score (nSPS) is 11.1. The third-order valence-corrected chi connectivity index (χ3v) is 5.46. The molecule has 0 radical (unpaired) electrons. The SMILES string of the molecule is C=C(NCC)Oc1cccc2ccc(C(=O)NCc3ccc(S(C)(=O)=O)cc3)nc12. The van der Waals surface area contributed by atoms with Crippen LogP contribution < -0.4 is 15.4 Å². The molecular formula is C22H23N3O4S. The van der Waals surface area contributed by atoms with E-state index in [1.807, 2.05) is 19.1 Å². The first-order chi connectivity index (χ1) is 14.3. The minimum absolute atomic E-state index is 0.237. The molecule has 156 valence electrons. The zero-order chi connectivity index (χ0) is 21.7. The molecule has 2 aromatic carbocycles. The number of sulfone groups is 1.